The highest BCUT2D eigenvalue weighted by Crippen LogP contribution is 2.25. The quantitative estimate of drug-likeness (QED) is 0.622. The molecule has 3 nitrogen and oxygen atoms in total. The number of hydrogen-bond donors (Lipinski definition) is 0. The van der Waals surface area contributed by atoms with Crippen molar-refractivity contribution >= 4 is 18.0 Å². The van der Waals surface area contributed by atoms with E-state index in [2.05, 4.69) is 35.9 Å². The molecule has 0 unspecified atom stereocenters. The third-order valence-corrected chi connectivity index (χ3v) is 3.32. The lowest BCUT2D eigenvalue weighted by Gasteiger charge is -2.06. The summed E-state index contributed by atoms with van der Waals surface area (Å²) >= 11 is 1.82. The maximum absolute atomic E-state index is 10.6. The summed E-state index contributed by atoms with van der Waals surface area (Å²) in [6.45, 7) is 4.33. The second kappa shape index (κ2) is 5.78. The van der Waals surface area contributed by atoms with Gasteiger partial charge in [-0.15, -0.1) is 11.8 Å². The minimum absolute atomic E-state index is 0.216. The van der Waals surface area contributed by atoms with Gasteiger partial charge >= 0.3 is 0 Å². The number of aromatic nitrogens is 2. The van der Waals surface area contributed by atoms with Gasteiger partial charge in [0, 0.05) is 21.9 Å². The average Bonchev–Trinajstić information content (AvgIpc) is 2.39. The topological polar surface area (TPSA) is 42.9 Å². The van der Waals surface area contributed by atoms with Gasteiger partial charge in [0.05, 0.1) is 5.69 Å². The second-order valence-corrected chi connectivity index (χ2v) is 5.76. The van der Waals surface area contributed by atoms with Crippen LogP contribution in [0.15, 0.2) is 41.4 Å². The molecule has 4 heteroatoms. The Labute approximate surface area is 111 Å². The van der Waals surface area contributed by atoms with Crippen LogP contribution in [-0.4, -0.2) is 21.5 Å². The Kier molecular flexibility index (Phi) is 4.10. The van der Waals surface area contributed by atoms with Gasteiger partial charge in [0.2, 0.25) is 0 Å². The highest BCUT2D eigenvalue weighted by molar-refractivity contribution is 7.99. The minimum atomic E-state index is 0.216. The van der Waals surface area contributed by atoms with Crippen LogP contribution >= 0.6 is 11.8 Å². The molecule has 0 aliphatic heterocycles. The molecule has 1 aromatic carbocycles. The molecule has 2 aromatic rings. The van der Waals surface area contributed by atoms with E-state index in [9.17, 15) is 4.79 Å². The fourth-order valence-electron chi connectivity index (χ4n) is 1.57. The van der Waals surface area contributed by atoms with E-state index in [1.54, 1.807) is 12.3 Å². The zero-order chi connectivity index (χ0) is 13.0. The molecular formula is C14H14N2OS. The first-order valence-corrected chi connectivity index (χ1v) is 6.62. The number of carbonyl (C=O) groups is 1. The zero-order valence-electron chi connectivity index (χ0n) is 10.3. The monoisotopic (exact) mass is 258 g/mol. The molecule has 0 saturated carbocycles. The van der Waals surface area contributed by atoms with E-state index in [1.807, 2.05) is 23.9 Å². The third kappa shape index (κ3) is 3.17. The minimum Gasteiger partial charge on any atom is -0.294 e. The summed E-state index contributed by atoms with van der Waals surface area (Å²) in [5.74, 6) is 0.216. The molecule has 0 aliphatic carbocycles. The standard InChI is InChI=1S/C14H14N2OS/c1-10(2)18-12-5-3-11(4-6-12)13-7-8-15-14(9-17)16-13/h3-10H,1-2H3. The summed E-state index contributed by atoms with van der Waals surface area (Å²) in [4.78, 5) is 19.9. The Morgan fingerprint density at radius 3 is 2.50 bits per heavy atom. The summed E-state index contributed by atoms with van der Waals surface area (Å²) in [6.07, 6.45) is 2.26. The average molecular weight is 258 g/mol. The molecule has 0 spiro atoms. The predicted molar refractivity (Wildman–Crippen MR) is 73.8 cm³/mol. The molecule has 92 valence electrons. The van der Waals surface area contributed by atoms with Crippen LogP contribution in [0.4, 0.5) is 0 Å². The van der Waals surface area contributed by atoms with Gasteiger partial charge in [0.1, 0.15) is 0 Å². The lowest BCUT2D eigenvalue weighted by atomic mass is 10.1. The number of carbonyl (C=O) groups excluding carboxylic acids is 1. The number of rotatable bonds is 4. The van der Waals surface area contributed by atoms with Crippen LogP contribution in [0, 0.1) is 0 Å². The number of nitrogens with zero attached hydrogens (tertiary/aromatic N) is 2. The van der Waals surface area contributed by atoms with Gasteiger partial charge in [-0.2, -0.15) is 0 Å². The molecule has 0 atom stereocenters. The highest BCUT2D eigenvalue weighted by Gasteiger charge is 2.03. The molecule has 18 heavy (non-hydrogen) atoms. The Morgan fingerprint density at radius 2 is 1.89 bits per heavy atom. The molecule has 0 radical (unpaired) electrons. The molecule has 0 saturated heterocycles. The maximum Gasteiger partial charge on any atom is 0.193 e. The van der Waals surface area contributed by atoms with Crippen LogP contribution in [0.5, 0.6) is 0 Å². The summed E-state index contributed by atoms with van der Waals surface area (Å²) in [5, 5.41) is 0.566. The first-order valence-electron chi connectivity index (χ1n) is 5.74. The molecule has 0 N–H and O–H groups in total. The predicted octanol–water partition coefficient (Wildman–Crippen LogP) is 3.46. The molecule has 1 heterocycles. The SMILES string of the molecule is CC(C)Sc1ccc(-c2ccnc(C=O)n2)cc1. The van der Waals surface area contributed by atoms with Crippen molar-refractivity contribution in [1.82, 2.24) is 9.97 Å². The van der Waals surface area contributed by atoms with E-state index >= 15 is 0 Å². The van der Waals surface area contributed by atoms with Crippen molar-refractivity contribution in [3.8, 4) is 11.3 Å². The van der Waals surface area contributed by atoms with E-state index in [4.69, 9.17) is 0 Å². The molecule has 0 aliphatic rings. The van der Waals surface area contributed by atoms with E-state index in [1.165, 1.54) is 4.90 Å². The Morgan fingerprint density at radius 1 is 1.17 bits per heavy atom. The zero-order valence-corrected chi connectivity index (χ0v) is 11.1. The summed E-state index contributed by atoms with van der Waals surface area (Å²) in [7, 11) is 0. The Hall–Kier alpha value is -1.68. The van der Waals surface area contributed by atoms with Crippen molar-refractivity contribution in [3.63, 3.8) is 0 Å². The van der Waals surface area contributed by atoms with Gasteiger partial charge in [-0.3, -0.25) is 4.79 Å². The fourth-order valence-corrected chi connectivity index (χ4v) is 2.41. The maximum atomic E-state index is 10.6. The molecule has 2 rings (SSSR count). The first-order chi connectivity index (χ1) is 8.69. The number of aldehydes is 1. The molecule has 0 amide bonds. The van der Waals surface area contributed by atoms with Gasteiger partial charge in [0.25, 0.3) is 0 Å². The van der Waals surface area contributed by atoms with E-state index in [0.29, 0.717) is 11.5 Å². The number of thioether (sulfide) groups is 1. The van der Waals surface area contributed by atoms with Gasteiger partial charge in [-0.25, -0.2) is 9.97 Å². The van der Waals surface area contributed by atoms with Crippen molar-refractivity contribution in [3.05, 3.63) is 42.4 Å². The van der Waals surface area contributed by atoms with Crippen LogP contribution in [0.25, 0.3) is 11.3 Å². The smallest absolute Gasteiger partial charge is 0.193 e. The summed E-state index contributed by atoms with van der Waals surface area (Å²) < 4.78 is 0. The third-order valence-electron chi connectivity index (χ3n) is 2.30. The van der Waals surface area contributed by atoms with E-state index in [-0.39, 0.29) is 5.82 Å². The Bertz CT molecular complexity index is 538. The van der Waals surface area contributed by atoms with Crippen molar-refractivity contribution in [1.29, 1.82) is 0 Å². The number of benzene rings is 1. The van der Waals surface area contributed by atoms with Crippen LogP contribution in [-0.2, 0) is 0 Å². The molecular weight excluding hydrogens is 244 g/mol. The van der Waals surface area contributed by atoms with Gasteiger partial charge in [-0.1, -0.05) is 26.0 Å². The Balaban J connectivity index is 2.25. The van der Waals surface area contributed by atoms with Crippen molar-refractivity contribution in [2.24, 2.45) is 0 Å². The van der Waals surface area contributed by atoms with Crippen molar-refractivity contribution in [2.45, 2.75) is 24.0 Å². The van der Waals surface area contributed by atoms with Crippen LogP contribution < -0.4 is 0 Å². The summed E-state index contributed by atoms with van der Waals surface area (Å²) in [6, 6.07) is 9.98. The van der Waals surface area contributed by atoms with E-state index < -0.39 is 0 Å². The molecule has 0 bridgehead atoms. The van der Waals surface area contributed by atoms with Gasteiger partial charge in [-0.05, 0) is 18.2 Å². The van der Waals surface area contributed by atoms with Gasteiger partial charge in [0.15, 0.2) is 12.1 Å². The number of hydrogen-bond acceptors (Lipinski definition) is 4. The lowest BCUT2D eigenvalue weighted by molar-refractivity contribution is 0.111. The van der Waals surface area contributed by atoms with Crippen LogP contribution in [0.1, 0.15) is 24.5 Å². The normalized spacial score (nSPS) is 10.6. The van der Waals surface area contributed by atoms with Crippen LogP contribution in [0.3, 0.4) is 0 Å². The second-order valence-electron chi connectivity index (χ2n) is 4.11. The van der Waals surface area contributed by atoms with Crippen molar-refractivity contribution in [2.75, 3.05) is 0 Å². The van der Waals surface area contributed by atoms with E-state index in [0.717, 1.165) is 11.3 Å². The molecule has 0 fully saturated rings. The highest BCUT2D eigenvalue weighted by atomic mass is 32.2. The fraction of sp³-hybridized carbons (Fsp3) is 0.214. The molecule has 1 aromatic heterocycles. The lowest BCUT2D eigenvalue weighted by Crippen LogP contribution is -1.93. The first kappa shape index (κ1) is 12.8. The summed E-state index contributed by atoms with van der Waals surface area (Å²) in [5.41, 5.74) is 1.77. The largest absolute Gasteiger partial charge is 0.294 e. The van der Waals surface area contributed by atoms with Gasteiger partial charge < -0.3 is 0 Å². The van der Waals surface area contributed by atoms with Crippen LogP contribution in [0.2, 0.25) is 0 Å². The van der Waals surface area contributed by atoms with Crippen molar-refractivity contribution < 1.29 is 4.79 Å².